The highest BCUT2D eigenvalue weighted by Crippen LogP contribution is 2.28. The minimum atomic E-state index is -0.602. The van der Waals surface area contributed by atoms with Gasteiger partial charge in [-0.25, -0.2) is 4.68 Å². The van der Waals surface area contributed by atoms with Gasteiger partial charge in [0.15, 0.2) is 11.8 Å². The summed E-state index contributed by atoms with van der Waals surface area (Å²) >= 11 is 5.98. The van der Waals surface area contributed by atoms with E-state index in [1.165, 1.54) is 0 Å². The van der Waals surface area contributed by atoms with Gasteiger partial charge >= 0.3 is 0 Å². The predicted octanol–water partition coefficient (Wildman–Crippen LogP) is 2.95. The van der Waals surface area contributed by atoms with Gasteiger partial charge in [0.25, 0.3) is 11.8 Å². The molecule has 2 aromatic carbocycles. The highest BCUT2D eigenvalue weighted by molar-refractivity contribution is 6.30. The Morgan fingerprint density at radius 2 is 1.71 bits per heavy atom. The van der Waals surface area contributed by atoms with E-state index in [1.807, 2.05) is 54.6 Å². The van der Waals surface area contributed by atoms with E-state index < -0.39 is 6.10 Å². The molecule has 2 aliphatic heterocycles. The molecular formula is C25H26ClN5O4. The number of amides is 2. The summed E-state index contributed by atoms with van der Waals surface area (Å²) < 4.78 is 13.5. The van der Waals surface area contributed by atoms with Crippen LogP contribution in [0.3, 0.4) is 0 Å². The third-order valence-corrected chi connectivity index (χ3v) is 6.58. The summed E-state index contributed by atoms with van der Waals surface area (Å²) in [4.78, 5) is 29.4. The largest absolute Gasteiger partial charge is 0.481 e. The molecule has 1 aromatic heterocycles. The van der Waals surface area contributed by atoms with E-state index in [-0.39, 0.29) is 24.5 Å². The van der Waals surface area contributed by atoms with E-state index in [9.17, 15) is 9.59 Å². The molecule has 3 heterocycles. The first kappa shape index (κ1) is 23.3. The maximum atomic E-state index is 13.2. The molecule has 2 atom stereocenters. The zero-order valence-electron chi connectivity index (χ0n) is 19.3. The molecule has 1 fully saturated rings. The summed E-state index contributed by atoms with van der Waals surface area (Å²) in [6.07, 6.45) is -0.784. The first-order valence-electron chi connectivity index (χ1n) is 11.6. The van der Waals surface area contributed by atoms with Crippen LogP contribution in [0, 0.1) is 0 Å². The molecule has 0 N–H and O–H groups in total. The highest BCUT2D eigenvalue weighted by atomic mass is 35.5. The second-order valence-electron chi connectivity index (χ2n) is 8.61. The molecule has 3 aromatic rings. The maximum absolute atomic E-state index is 13.2. The van der Waals surface area contributed by atoms with Crippen molar-refractivity contribution in [3.05, 3.63) is 76.6 Å². The SMILES string of the molecule is C[C@H](Oc1ccccc1)C(=O)N1CCN(C(=O)c2nnn3c2CO[C@H](c2ccc(Cl)cc2)C3)CC1. The number of aromatic nitrogens is 3. The van der Waals surface area contributed by atoms with Crippen LogP contribution < -0.4 is 4.74 Å². The Balaban J connectivity index is 1.17. The number of fused-ring (bicyclic) bond motifs is 1. The van der Waals surface area contributed by atoms with E-state index in [2.05, 4.69) is 10.3 Å². The van der Waals surface area contributed by atoms with E-state index in [0.717, 1.165) is 5.56 Å². The number of piperazine rings is 1. The van der Waals surface area contributed by atoms with Crippen molar-refractivity contribution in [2.45, 2.75) is 32.3 Å². The lowest BCUT2D eigenvalue weighted by Crippen LogP contribution is -2.53. The summed E-state index contributed by atoms with van der Waals surface area (Å²) in [5.74, 6) is 0.365. The van der Waals surface area contributed by atoms with Crippen LogP contribution in [0.2, 0.25) is 5.02 Å². The molecule has 0 aliphatic carbocycles. The monoisotopic (exact) mass is 495 g/mol. The summed E-state index contributed by atoms with van der Waals surface area (Å²) in [7, 11) is 0. The fraction of sp³-hybridized carbons (Fsp3) is 0.360. The second-order valence-corrected chi connectivity index (χ2v) is 9.05. The van der Waals surface area contributed by atoms with Gasteiger partial charge in [-0.2, -0.15) is 0 Å². The minimum absolute atomic E-state index is 0.0939. The number of benzene rings is 2. The molecule has 2 aliphatic rings. The van der Waals surface area contributed by atoms with Crippen LogP contribution >= 0.6 is 11.6 Å². The Morgan fingerprint density at radius 3 is 2.43 bits per heavy atom. The Bertz CT molecular complexity index is 1190. The molecule has 5 rings (SSSR count). The molecule has 35 heavy (non-hydrogen) atoms. The standard InChI is InChI=1S/C25H26ClN5O4/c1-17(35-20-5-3-2-4-6-20)24(32)29-11-13-30(14-12-29)25(33)23-21-16-34-22(15-31(21)28-27-23)18-7-9-19(26)10-8-18/h2-10,17,22H,11-16H2,1H3/t17-,22-/m0/s1. The molecule has 0 radical (unpaired) electrons. The molecule has 9 nitrogen and oxygen atoms in total. The first-order chi connectivity index (χ1) is 17.0. The fourth-order valence-corrected chi connectivity index (χ4v) is 4.47. The number of rotatable bonds is 5. The lowest BCUT2D eigenvalue weighted by Gasteiger charge is -2.35. The van der Waals surface area contributed by atoms with Crippen LogP contribution in [-0.2, 0) is 22.7 Å². The van der Waals surface area contributed by atoms with Gasteiger partial charge < -0.3 is 19.3 Å². The molecule has 10 heteroatoms. The van der Waals surface area contributed by atoms with Gasteiger partial charge in [-0.1, -0.05) is 47.1 Å². The van der Waals surface area contributed by atoms with Crippen LogP contribution in [-0.4, -0.2) is 68.9 Å². The van der Waals surface area contributed by atoms with Crippen molar-refractivity contribution in [1.29, 1.82) is 0 Å². The summed E-state index contributed by atoms with van der Waals surface area (Å²) in [5.41, 5.74) is 1.97. The summed E-state index contributed by atoms with van der Waals surface area (Å²) in [5, 5.41) is 9.03. The summed E-state index contributed by atoms with van der Waals surface area (Å²) in [6, 6.07) is 16.8. The van der Waals surface area contributed by atoms with Crippen molar-refractivity contribution >= 4 is 23.4 Å². The fourth-order valence-electron chi connectivity index (χ4n) is 4.35. The van der Waals surface area contributed by atoms with E-state index in [4.69, 9.17) is 21.1 Å². The normalized spacial score (nSPS) is 18.6. The van der Waals surface area contributed by atoms with Crippen LogP contribution in [0.1, 0.15) is 34.8 Å². The average Bonchev–Trinajstić information content (AvgIpc) is 3.32. The van der Waals surface area contributed by atoms with Crippen LogP contribution in [0.15, 0.2) is 54.6 Å². The lowest BCUT2D eigenvalue weighted by molar-refractivity contribution is -0.139. The van der Waals surface area contributed by atoms with Crippen molar-refractivity contribution in [2.24, 2.45) is 0 Å². The van der Waals surface area contributed by atoms with Crippen molar-refractivity contribution in [1.82, 2.24) is 24.8 Å². The molecule has 0 spiro atoms. The van der Waals surface area contributed by atoms with Crippen LogP contribution in [0.25, 0.3) is 0 Å². The third kappa shape index (κ3) is 5.01. The zero-order valence-corrected chi connectivity index (χ0v) is 20.1. The van der Waals surface area contributed by atoms with Gasteiger partial charge in [0.2, 0.25) is 0 Å². The number of para-hydroxylation sites is 1. The van der Waals surface area contributed by atoms with Gasteiger partial charge in [-0.3, -0.25) is 9.59 Å². The second kappa shape index (κ2) is 10.1. The van der Waals surface area contributed by atoms with E-state index in [0.29, 0.717) is 54.9 Å². The van der Waals surface area contributed by atoms with Gasteiger partial charge in [0, 0.05) is 31.2 Å². The molecular weight excluding hydrogens is 470 g/mol. The van der Waals surface area contributed by atoms with E-state index in [1.54, 1.807) is 21.4 Å². The molecule has 182 valence electrons. The Morgan fingerprint density at radius 1 is 1.03 bits per heavy atom. The number of hydrogen-bond acceptors (Lipinski definition) is 6. The zero-order chi connectivity index (χ0) is 24.4. The van der Waals surface area contributed by atoms with Crippen molar-refractivity contribution in [3.8, 4) is 5.75 Å². The number of nitrogens with zero attached hydrogens (tertiary/aromatic N) is 5. The van der Waals surface area contributed by atoms with E-state index >= 15 is 0 Å². The van der Waals surface area contributed by atoms with Crippen LogP contribution in [0.4, 0.5) is 0 Å². The van der Waals surface area contributed by atoms with Gasteiger partial charge in [0.05, 0.1) is 18.8 Å². The number of hydrogen-bond donors (Lipinski definition) is 0. The van der Waals surface area contributed by atoms with Crippen molar-refractivity contribution in [2.75, 3.05) is 26.2 Å². The van der Waals surface area contributed by atoms with Gasteiger partial charge in [-0.05, 0) is 36.8 Å². The quantitative estimate of drug-likeness (QED) is 0.540. The average molecular weight is 496 g/mol. The Kier molecular flexibility index (Phi) is 6.70. The number of ether oxygens (including phenoxy) is 2. The maximum Gasteiger partial charge on any atom is 0.276 e. The van der Waals surface area contributed by atoms with Gasteiger partial charge in [0.1, 0.15) is 11.9 Å². The third-order valence-electron chi connectivity index (χ3n) is 6.32. The molecule has 1 saturated heterocycles. The van der Waals surface area contributed by atoms with Crippen molar-refractivity contribution < 1.29 is 19.1 Å². The van der Waals surface area contributed by atoms with Gasteiger partial charge in [-0.15, -0.1) is 5.10 Å². The smallest absolute Gasteiger partial charge is 0.276 e. The molecule has 0 unspecified atom stereocenters. The molecule has 0 bridgehead atoms. The Labute approximate surface area is 208 Å². The predicted molar refractivity (Wildman–Crippen MR) is 128 cm³/mol. The first-order valence-corrected chi connectivity index (χ1v) is 12.0. The number of carbonyl (C=O) groups excluding carboxylic acids is 2. The van der Waals surface area contributed by atoms with Crippen molar-refractivity contribution in [3.63, 3.8) is 0 Å². The topological polar surface area (TPSA) is 89.8 Å². The molecule has 0 saturated carbocycles. The highest BCUT2D eigenvalue weighted by Gasteiger charge is 2.33. The Hall–Kier alpha value is -3.43. The number of carbonyl (C=O) groups is 2. The summed E-state index contributed by atoms with van der Waals surface area (Å²) in [6.45, 7) is 4.17. The van der Waals surface area contributed by atoms with Crippen LogP contribution in [0.5, 0.6) is 5.75 Å². The lowest BCUT2D eigenvalue weighted by atomic mass is 10.1. The minimum Gasteiger partial charge on any atom is -0.481 e. The number of halogens is 1. The molecule has 2 amide bonds.